The summed E-state index contributed by atoms with van der Waals surface area (Å²) in [5, 5.41) is 11.1. The molecule has 5 nitrogen and oxygen atoms in total. The molecule has 0 radical (unpaired) electrons. The van der Waals surface area contributed by atoms with E-state index in [1.807, 2.05) is 6.08 Å². The van der Waals surface area contributed by atoms with Crippen molar-refractivity contribution in [3.05, 3.63) is 69.8 Å². The lowest BCUT2D eigenvalue weighted by Crippen LogP contribution is -2.60. The van der Waals surface area contributed by atoms with E-state index in [1.165, 1.54) is 17.3 Å². The van der Waals surface area contributed by atoms with Crippen LogP contribution >= 0.6 is 0 Å². The van der Waals surface area contributed by atoms with Crippen molar-refractivity contribution in [2.45, 2.75) is 38.3 Å². The van der Waals surface area contributed by atoms with Gasteiger partial charge in [-0.05, 0) is 50.1 Å². The average Bonchev–Trinajstić information content (AvgIpc) is 2.86. The molecule has 4 rings (SSSR count). The highest BCUT2D eigenvalue weighted by atomic mass is 16.6. The lowest BCUT2D eigenvalue weighted by atomic mass is 9.72. The first-order valence-corrected chi connectivity index (χ1v) is 9.00. The molecule has 2 heterocycles. The van der Waals surface area contributed by atoms with Gasteiger partial charge in [-0.1, -0.05) is 25.1 Å². The van der Waals surface area contributed by atoms with E-state index in [1.54, 1.807) is 12.1 Å². The molecule has 0 N–H and O–H groups in total. The van der Waals surface area contributed by atoms with Crippen molar-refractivity contribution in [3.8, 4) is 5.75 Å². The Kier molecular flexibility index (Phi) is 3.58. The van der Waals surface area contributed by atoms with Crippen molar-refractivity contribution in [2.75, 3.05) is 11.4 Å². The maximum Gasteiger partial charge on any atom is 0.270 e. The van der Waals surface area contributed by atoms with Crippen LogP contribution in [0.1, 0.15) is 38.3 Å². The smallest absolute Gasteiger partial charge is 0.270 e. The van der Waals surface area contributed by atoms with Crippen LogP contribution in [0.3, 0.4) is 0 Å². The van der Waals surface area contributed by atoms with Crippen LogP contribution in [0, 0.1) is 10.1 Å². The van der Waals surface area contributed by atoms with Crippen molar-refractivity contribution in [1.29, 1.82) is 0 Å². The summed E-state index contributed by atoms with van der Waals surface area (Å²) in [7, 11) is 0. The Morgan fingerprint density at radius 1 is 1.19 bits per heavy atom. The first-order valence-electron chi connectivity index (χ1n) is 9.00. The number of nitro groups is 1. The molecule has 0 saturated carbocycles. The highest BCUT2D eigenvalue weighted by Gasteiger charge is 2.59. The summed E-state index contributed by atoms with van der Waals surface area (Å²) in [6, 6.07) is 13.2. The summed E-state index contributed by atoms with van der Waals surface area (Å²) < 4.78 is 6.62. The molecular weight excluding hydrogens is 328 g/mol. The average molecular weight is 350 g/mol. The van der Waals surface area contributed by atoms with Crippen LogP contribution in [-0.2, 0) is 5.41 Å². The summed E-state index contributed by atoms with van der Waals surface area (Å²) in [5.74, 6) is 0.684. The second kappa shape index (κ2) is 5.59. The second-order valence-corrected chi connectivity index (χ2v) is 7.06. The van der Waals surface area contributed by atoms with Crippen LogP contribution in [0.15, 0.2) is 48.5 Å². The molecule has 2 unspecified atom stereocenters. The predicted octanol–water partition coefficient (Wildman–Crippen LogP) is 4.90. The minimum atomic E-state index is -0.636. The monoisotopic (exact) mass is 350 g/mol. The summed E-state index contributed by atoms with van der Waals surface area (Å²) in [6.45, 7) is 7.35. The SMILES string of the molecule is CCN1c2ccccc2C(C)(CC)C12C=Cc1cc([N+](=O)[O-])ccc1O2. The first kappa shape index (κ1) is 16.6. The Labute approximate surface area is 153 Å². The molecular formula is C21H22N2O3. The van der Waals surface area contributed by atoms with Gasteiger partial charge in [-0.25, -0.2) is 0 Å². The number of ether oxygens (including phenoxy) is 1. The summed E-state index contributed by atoms with van der Waals surface area (Å²) in [4.78, 5) is 13.0. The maximum atomic E-state index is 11.1. The first-order chi connectivity index (χ1) is 12.5. The van der Waals surface area contributed by atoms with E-state index in [9.17, 15) is 10.1 Å². The Bertz CT molecular complexity index is 923. The van der Waals surface area contributed by atoms with Gasteiger partial charge < -0.3 is 9.64 Å². The molecule has 2 aliphatic heterocycles. The number of benzene rings is 2. The van der Waals surface area contributed by atoms with Gasteiger partial charge in [-0.15, -0.1) is 0 Å². The number of nitro benzene ring substituents is 1. The van der Waals surface area contributed by atoms with Gasteiger partial charge in [0.05, 0.1) is 10.3 Å². The van der Waals surface area contributed by atoms with E-state index >= 15 is 0 Å². The van der Waals surface area contributed by atoms with E-state index in [0.29, 0.717) is 5.75 Å². The normalized spacial score (nSPS) is 25.7. The Morgan fingerprint density at radius 2 is 1.96 bits per heavy atom. The topological polar surface area (TPSA) is 55.6 Å². The molecule has 2 aromatic rings. The summed E-state index contributed by atoms with van der Waals surface area (Å²) in [5.41, 5.74) is 2.43. The molecule has 2 aliphatic rings. The molecule has 26 heavy (non-hydrogen) atoms. The van der Waals surface area contributed by atoms with Crippen LogP contribution in [0.25, 0.3) is 6.08 Å². The van der Waals surface area contributed by atoms with E-state index in [4.69, 9.17) is 4.74 Å². The molecule has 0 aliphatic carbocycles. The highest BCUT2D eigenvalue weighted by molar-refractivity contribution is 5.73. The zero-order valence-electron chi connectivity index (χ0n) is 15.2. The lowest BCUT2D eigenvalue weighted by molar-refractivity contribution is -0.384. The van der Waals surface area contributed by atoms with Crippen molar-refractivity contribution in [1.82, 2.24) is 0 Å². The molecule has 1 spiro atoms. The van der Waals surface area contributed by atoms with Gasteiger partial charge in [0.1, 0.15) is 5.75 Å². The number of rotatable bonds is 3. The van der Waals surface area contributed by atoms with E-state index in [2.05, 4.69) is 56.0 Å². The Balaban J connectivity index is 1.89. The van der Waals surface area contributed by atoms with Gasteiger partial charge in [0.15, 0.2) is 0 Å². The fourth-order valence-corrected chi connectivity index (χ4v) is 4.41. The van der Waals surface area contributed by atoms with Crippen molar-refractivity contribution < 1.29 is 9.66 Å². The second-order valence-electron chi connectivity index (χ2n) is 7.06. The number of likely N-dealkylation sites (N-methyl/N-ethyl adjacent to an activating group) is 1. The minimum absolute atomic E-state index is 0.0771. The van der Waals surface area contributed by atoms with Gasteiger partial charge in [0.25, 0.3) is 5.69 Å². The van der Waals surface area contributed by atoms with Crippen molar-refractivity contribution in [2.24, 2.45) is 0 Å². The van der Waals surface area contributed by atoms with Gasteiger partial charge in [-0.2, -0.15) is 0 Å². The number of non-ortho nitro benzene ring substituents is 1. The minimum Gasteiger partial charge on any atom is -0.463 e. The molecule has 2 aromatic carbocycles. The van der Waals surface area contributed by atoms with Crippen molar-refractivity contribution >= 4 is 17.5 Å². The zero-order valence-corrected chi connectivity index (χ0v) is 15.2. The third-order valence-corrected chi connectivity index (χ3v) is 5.96. The quantitative estimate of drug-likeness (QED) is 0.583. The molecule has 0 fully saturated rings. The van der Waals surface area contributed by atoms with Gasteiger partial charge in [-0.3, -0.25) is 10.1 Å². The van der Waals surface area contributed by atoms with Crippen LogP contribution < -0.4 is 9.64 Å². The molecule has 0 saturated heterocycles. The van der Waals surface area contributed by atoms with Crippen LogP contribution in [0.2, 0.25) is 0 Å². The van der Waals surface area contributed by atoms with Gasteiger partial charge >= 0.3 is 0 Å². The molecule has 0 aromatic heterocycles. The van der Waals surface area contributed by atoms with Crippen LogP contribution in [0.4, 0.5) is 11.4 Å². The molecule has 2 atom stereocenters. The van der Waals surface area contributed by atoms with Gasteiger partial charge in [0, 0.05) is 29.9 Å². The fourth-order valence-electron chi connectivity index (χ4n) is 4.41. The fraction of sp³-hybridized carbons (Fsp3) is 0.333. The molecule has 134 valence electrons. The number of hydrogen-bond acceptors (Lipinski definition) is 4. The number of nitrogens with zero attached hydrogens (tertiary/aromatic N) is 2. The highest BCUT2D eigenvalue weighted by Crippen LogP contribution is 2.56. The number of para-hydroxylation sites is 1. The number of fused-ring (bicyclic) bond motifs is 2. The predicted molar refractivity (Wildman–Crippen MR) is 103 cm³/mol. The third-order valence-electron chi connectivity index (χ3n) is 5.96. The van der Waals surface area contributed by atoms with Gasteiger partial charge in [0.2, 0.25) is 5.72 Å². The standard InChI is InChI=1S/C21H22N2O3/c1-4-20(3)17-8-6-7-9-18(17)22(5-2)21(20)13-12-15-14-16(23(24)25)10-11-19(15)26-21/h6-14H,4-5H2,1-3H3. The number of hydrogen-bond donors (Lipinski definition) is 0. The Morgan fingerprint density at radius 3 is 2.65 bits per heavy atom. The zero-order chi connectivity index (χ0) is 18.5. The van der Waals surface area contributed by atoms with E-state index in [0.717, 1.165) is 18.5 Å². The van der Waals surface area contributed by atoms with Crippen LogP contribution in [0.5, 0.6) is 5.75 Å². The Hall–Kier alpha value is -2.82. The van der Waals surface area contributed by atoms with Crippen LogP contribution in [-0.4, -0.2) is 17.2 Å². The maximum absolute atomic E-state index is 11.1. The molecule has 5 heteroatoms. The van der Waals surface area contributed by atoms with E-state index in [-0.39, 0.29) is 16.0 Å². The molecule has 0 amide bonds. The number of anilines is 1. The third kappa shape index (κ3) is 1.97. The summed E-state index contributed by atoms with van der Waals surface area (Å²) >= 11 is 0. The van der Waals surface area contributed by atoms with E-state index < -0.39 is 5.72 Å². The summed E-state index contributed by atoms with van der Waals surface area (Å²) in [6.07, 6.45) is 4.95. The largest absolute Gasteiger partial charge is 0.463 e. The lowest BCUT2D eigenvalue weighted by Gasteiger charge is -2.48. The molecule has 0 bridgehead atoms. The van der Waals surface area contributed by atoms with Crippen molar-refractivity contribution in [3.63, 3.8) is 0 Å².